The first kappa shape index (κ1) is 11.5. The van der Waals surface area contributed by atoms with Gasteiger partial charge in [-0.2, -0.15) is 0 Å². The second kappa shape index (κ2) is 5.18. The fourth-order valence-corrected chi connectivity index (χ4v) is 1.29. The van der Waals surface area contributed by atoms with Gasteiger partial charge in [0.25, 0.3) is 0 Å². The van der Waals surface area contributed by atoms with Gasteiger partial charge in [-0.3, -0.25) is 0 Å². The predicted octanol–water partition coefficient (Wildman–Crippen LogP) is 2.39. The molecule has 0 rings (SSSR count). The molecule has 0 fully saturated rings. The molecule has 0 saturated carbocycles. The minimum atomic E-state index is 0.00231. The average molecular weight is 171 g/mol. The highest BCUT2D eigenvalue weighted by Gasteiger charge is 2.24. The third-order valence-electron chi connectivity index (χ3n) is 2.41. The first-order valence-corrected chi connectivity index (χ1v) is 4.53. The molecule has 0 aliphatic heterocycles. The Morgan fingerprint density at radius 3 is 1.75 bits per heavy atom. The number of ether oxygens (including phenoxy) is 1. The van der Waals surface area contributed by atoms with Gasteiger partial charge in [0.05, 0.1) is 0 Å². The van der Waals surface area contributed by atoms with Crippen LogP contribution in [0.25, 0.3) is 0 Å². The van der Waals surface area contributed by atoms with Gasteiger partial charge in [-0.05, 0) is 17.8 Å². The van der Waals surface area contributed by atoms with Crippen molar-refractivity contribution in [1.29, 1.82) is 0 Å². The summed E-state index contributed by atoms with van der Waals surface area (Å²) >= 11 is 0. The van der Waals surface area contributed by atoms with Gasteiger partial charge in [0.1, 0.15) is 6.10 Å². The number of rotatable bonds is 5. The van der Waals surface area contributed by atoms with Crippen molar-refractivity contribution in [3.63, 3.8) is 0 Å². The van der Waals surface area contributed by atoms with E-state index in [1.165, 1.54) is 6.47 Å². The molecule has 0 aromatic heterocycles. The molecule has 0 aromatic rings. The molecule has 1 radical (unpaired) electrons. The smallest absolute Gasteiger partial charge is 0.417 e. The highest BCUT2D eigenvalue weighted by atomic mass is 16.5. The molecule has 12 heavy (non-hydrogen) atoms. The van der Waals surface area contributed by atoms with E-state index in [2.05, 4.69) is 34.6 Å². The summed E-state index contributed by atoms with van der Waals surface area (Å²) in [6.07, 6.45) is 0.00231. The second-order valence-corrected chi connectivity index (χ2v) is 4.01. The molecule has 2 atom stereocenters. The molecule has 2 unspecified atom stereocenters. The molecule has 0 saturated heterocycles. The number of hydrogen-bond donors (Lipinski definition) is 0. The first-order chi connectivity index (χ1) is 5.50. The average Bonchev–Trinajstić information content (AvgIpc) is 1.98. The van der Waals surface area contributed by atoms with Crippen LogP contribution in [0.1, 0.15) is 34.6 Å². The van der Waals surface area contributed by atoms with E-state index in [0.29, 0.717) is 17.8 Å². The van der Waals surface area contributed by atoms with E-state index < -0.39 is 0 Å². The van der Waals surface area contributed by atoms with Gasteiger partial charge < -0.3 is 4.74 Å². The van der Waals surface area contributed by atoms with E-state index >= 15 is 0 Å². The van der Waals surface area contributed by atoms with Crippen molar-refractivity contribution in [3.05, 3.63) is 0 Å². The zero-order valence-electron chi connectivity index (χ0n) is 8.63. The van der Waals surface area contributed by atoms with Crippen LogP contribution in [0.5, 0.6) is 0 Å². The Hall–Kier alpha value is -0.530. The third-order valence-corrected chi connectivity index (χ3v) is 2.41. The zero-order valence-corrected chi connectivity index (χ0v) is 8.63. The molecule has 2 heteroatoms. The summed E-state index contributed by atoms with van der Waals surface area (Å²) in [5.74, 6) is 1.29. The van der Waals surface area contributed by atoms with Crippen LogP contribution in [-0.4, -0.2) is 12.6 Å². The molecule has 0 spiro atoms. The Kier molecular flexibility index (Phi) is 4.95. The molecule has 2 nitrogen and oxygen atoms in total. The van der Waals surface area contributed by atoms with E-state index in [1.54, 1.807) is 0 Å². The van der Waals surface area contributed by atoms with Crippen LogP contribution in [0.4, 0.5) is 0 Å². The molecule has 0 aromatic carbocycles. The summed E-state index contributed by atoms with van der Waals surface area (Å²) in [6.45, 7) is 12.0. The normalized spacial score (nSPS) is 16.2. The number of hydrogen-bond acceptors (Lipinski definition) is 2. The van der Waals surface area contributed by atoms with Gasteiger partial charge in [0, 0.05) is 0 Å². The molecule has 0 amide bonds. The van der Waals surface area contributed by atoms with Crippen LogP contribution < -0.4 is 0 Å². The van der Waals surface area contributed by atoms with Gasteiger partial charge in [-0.1, -0.05) is 34.6 Å². The lowest BCUT2D eigenvalue weighted by Crippen LogP contribution is -2.30. The lowest BCUT2D eigenvalue weighted by molar-refractivity contribution is 0.0599. The van der Waals surface area contributed by atoms with Crippen molar-refractivity contribution < 1.29 is 9.53 Å². The van der Waals surface area contributed by atoms with E-state index in [1.807, 2.05) is 0 Å². The summed E-state index contributed by atoms with van der Waals surface area (Å²) in [5, 5.41) is 0. The van der Waals surface area contributed by atoms with Crippen molar-refractivity contribution in [2.75, 3.05) is 0 Å². The third kappa shape index (κ3) is 3.24. The van der Waals surface area contributed by atoms with Gasteiger partial charge in [0.2, 0.25) is 0 Å². The Balaban J connectivity index is 4.18. The largest absolute Gasteiger partial charge is 0.453 e. The fraction of sp³-hybridized carbons (Fsp3) is 0.900. The van der Waals surface area contributed by atoms with Gasteiger partial charge >= 0.3 is 6.47 Å². The Bertz CT molecular complexity index is 130. The monoisotopic (exact) mass is 171 g/mol. The van der Waals surface area contributed by atoms with Crippen LogP contribution in [0.3, 0.4) is 0 Å². The summed E-state index contributed by atoms with van der Waals surface area (Å²) in [7, 11) is 0. The van der Waals surface area contributed by atoms with Crippen molar-refractivity contribution >= 4 is 6.47 Å². The van der Waals surface area contributed by atoms with Crippen molar-refractivity contribution in [2.45, 2.75) is 40.7 Å². The molecular weight excluding hydrogens is 152 g/mol. The van der Waals surface area contributed by atoms with E-state index in [0.717, 1.165) is 0 Å². The maximum atomic E-state index is 10.1. The van der Waals surface area contributed by atoms with Crippen LogP contribution in [0, 0.1) is 17.8 Å². The van der Waals surface area contributed by atoms with Crippen LogP contribution in [-0.2, 0) is 9.53 Å². The minimum Gasteiger partial charge on any atom is -0.453 e. The van der Waals surface area contributed by atoms with E-state index in [9.17, 15) is 4.79 Å². The summed E-state index contributed by atoms with van der Waals surface area (Å²) in [5.41, 5.74) is 0. The van der Waals surface area contributed by atoms with Crippen molar-refractivity contribution in [2.24, 2.45) is 17.8 Å². The molecule has 0 aliphatic rings. The zero-order chi connectivity index (χ0) is 9.72. The Morgan fingerprint density at radius 2 is 1.50 bits per heavy atom. The molecule has 71 valence electrons. The summed E-state index contributed by atoms with van der Waals surface area (Å²) < 4.78 is 4.92. The SMILES string of the molecule is CC(C)C(C)C(O[C]=O)C(C)C. The molecule has 0 N–H and O–H groups in total. The summed E-state index contributed by atoms with van der Waals surface area (Å²) in [4.78, 5) is 10.1. The van der Waals surface area contributed by atoms with Gasteiger partial charge in [-0.15, -0.1) is 0 Å². The predicted molar refractivity (Wildman–Crippen MR) is 49.4 cm³/mol. The first-order valence-electron chi connectivity index (χ1n) is 4.53. The topological polar surface area (TPSA) is 26.3 Å². The van der Waals surface area contributed by atoms with E-state index in [4.69, 9.17) is 4.74 Å². The molecule has 0 heterocycles. The highest BCUT2D eigenvalue weighted by Crippen LogP contribution is 2.22. The molecule has 0 aliphatic carbocycles. The van der Waals surface area contributed by atoms with Gasteiger partial charge in [0.15, 0.2) is 0 Å². The maximum Gasteiger partial charge on any atom is 0.417 e. The van der Waals surface area contributed by atoms with Crippen molar-refractivity contribution in [3.8, 4) is 0 Å². The standard InChI is InChI=1S/C10H19O2/c1-7(2)9(5)10(8(3)4)12-6-11/h7-10H,1-5H3. The maximum absolute atomic E-state index is 10.1. The molecular formula is C10H19O2. The Labute approximate surface area is 75.3 Å². The lowest BCUT2D eigenvalue weighted by atomic mass is 9.86. The number of carbonyl (C=O) groups excluding carboxylic acids is 1. The lowest BCUT2D eigenvalue weighted by Gasteiger charge is -2.27. The Morgan fingerprint density at radius 1 is 1.00 bits per heavy atom. The van der Waals surface area contributed by atoms with Crippen LogP contribution in [0.2, 0.25) is 0 Å². The van der Waals surface area contributed by atoms with Crippen LogP contribution >= 0.6 is 0 Å². The quantitative estimate of drug-likeness (QED) is 0.635. The summed E-state index contributed by atoms with van der Waals surface area (Å²) in [6, 6.07) is 0. The molecule has 0 bridgehead atoms. The van der Waals surface area contributed by atoms with Crippen LogP contribution in [0.15, 0.2) is 0 Å². The van der Waals surface area contributed by atoms with Crippen molar-refractivity contribution in [1.82, 2.24) is 0 Å². The fourth-order valence-electron chi connectivity index (χ4n) is 1.29. The minimum absolute atomic E-state index is 0.00231. The highest BCUT2D eigenvalue weighted by molar-refractivity contribution is 5.38. The van der Waals surface area contributed by atoms with Gasteiger partial charge in [-0.25, -0.2) is 4.79 Å². The van der Waals surface area contributed by atoms with E-state index in [-0.39, 0.29) is 6.10 Å². The second-order valence-electron chi connectivity index (χ2n) is 4.01.